The third-order valence-corrected chi connectivity index (χ3v) is 7.32. The first kappa shape index (κ1) is 17.9. The molecular formula is C25H30N2O. The maximum absolute atomic E-state index is 13.5. The van der Waals surface area contributed by atoms with E-state index in [9.17, 15) is 4.79 Å². The minimum Gasteiger partial charge on any atom is -0.294 e. The van der Waals surface area contributed by atoms with Gasteiger partial charge in [-0.05, 0) is 37.2 Å². The average molecular weight is 375 g/mol. The molecule has 28 heavy (non-hydrogen) atoms. The van der Waals surface area contributed by atoms with Gasteiger partial charge in [-0.3, -0.25) is 9.89 Å². The Labute approximate surface area is 167 Å². The highest BCUT2D eigenvalue weighted by Gasteiger charge is 2.49. The maximum atomic E-state index is 13.5. The standard InChI is InChI=1S/C25H30N2O/c1-24(2)14-17-13-19-22(23(27-26-19)16-9-7-8-10-16)25(3,21(17)20(28)15-24)18-11-5-4-6-12-18/h4-6,11-12,16H,7-10,13-15H2,1-3H3,(H,26,27)/t25-/m1/s1. The summed E-state index contributed by atoms with van der Waals surface area (Å²) in [5.41, 5.74) is 7.00. The molecule has 0 spiro atoms. The van der Waals surface area contributed by atoms with Crippen LogP contribution in [0, 0.1) is 5.41 Å². The Kier molecular flexibility index (Phi) is 3.94. The van der Waals surface area contributed by atoms with Gasteiger partial charge in [0.25, 0.3) is 0 Å². The van der Waals surface area contributed by atoms with Crippen molar-refractivity contribution >= 4 is 5.78 Å². The Balaban J connectivity index is 1.76. The molecule has 3 heteroatoms. The number of ketones is 1. The summed E-state index contributed by atoms with van der Waals surface area (Å²) in [7, 11) is 0. The number of hydrogen-bond donors (Lipinski definition) is 1. The molecular weight excluding hydrogens is 344 g/mol. The van der Waals surface area contributed by atoms with Gasteiger partial charge in [-0.2, -0.15) is 5.10 Å². The molecule has 1 atom stereocenters. The first-order valence-electron chi connectivity index (χ1n) is 10.8. The molecule has 0 aliphatic heterocycles. The number of allylic oxidation sites excluding steroid dienone is 2. The molecule has 1 saturated carbocycles. The van der Waals surface area contributed by atoms with E-state index < -0.39 is 5.41 Å². The minimum absolute atomic E-state index is 0.0410. The average Bonchev–Trinajstić information content (AvgIpc) is 3.30. The highest BCUT2D eigenvalue weighted by atomic mass is 16.1. The number of benzene rings is 1. The summed E-state index contributed by atoms with van der Waals surface area (Å²) in [6.45, 7) is 6.72. The van der Waals surface area contributed by atoms with Gasteiger partial charge in [0.2, 0.25) is 0 Å². The van der Waals surface area contributed by atoms with Crippen LogP contribution in [-0.4, -0.2) is 16.0 Å². The van der Waals surface area contributed by atoms with E-state index in [1.807, 2.05) is 0 Å². The Bertz CT molecular complexity index is 960. The highest BCUT2D eigenvalue weighted by molar-refractivity contribution is 6.01. The lowest BCUT2D eigenvalue weighted by Gasteiger charge is -2.44. The van der Waals surface area contributed by atoms with Crippen LogP contribution >= 0.6 is 0 Å². The number of rotatable bonds is 2. The van der Waals surface area contributed by atoms with E-state index >= 15 is 0 Å². The fraction of sp³-hybridized carbons (Fsp3) is 0.520. The fourth-order valence-electron chi connectivity index (χ4n) is 6.21. The summed E-state index contributed by atoms with van der Waals surface area (Å²) in [6.07, 6.45) is 7.49. The SMILES string of the molecule is CC1(C)CC(=O)C2=C(Cc3[nH]nc(C4CCCC4)c3[C@]2(C)c2ccccc2)C1. The smallest absolute Gasteiger partial charge is 0.160 e. The van der Waals surface area contributed by atoms with E-state index in [0.717, 1.165) is 18.4 Å². The van der Waals surface area contributed by atoms with Gasteiger partial charge >= 0.3 is 0 Å². The van der Waals surface area contributed by atoms with E-state index in [-0.39, 0.29) is 5.41 Å². The van der Waals surface area contributed by atoms with Crippen molar-refractivity contribution in [1.82, 2.24) is 10.2 Å². The first-order valence-corrected chi connectivity index (χ1v) is 10.8. The number of carbonyl (C=O) groups is 1. The van der Waals surface area contributed by atoms with Crippen LogP contribution in [0.15, 0.2) is 41.5 Å². The highest BCUT2D eigenvalue weighted by Crippen LogP contribution is 2.54. The van der Waals surface area contributed by atoms with Crippen LogP contribution in [0.3, 0.4) is 0 Å². The lowest BCUT2D eigenvalue weighted by atomic mass is 9.58. The van der Waals surface area contributed by atoms with Gasteiger partial charge in [0, 0.05) is 41.0 Å². The number of hydrogen-bond acceptors (Lipinski definition) is 2. The molecule has 0 radical (unpaired) electrons. The molecule has 3 nitrogen and oxygen atoms in total. The summed E-state index contributed by atoms with van der Waals surface area (Å²) in [5, 5.41) is 8.26. The fourth-order valence-corrected chi connectivity index (χ4v) is 6.21. The molecule has 1 N–H and O–H groups in total. The molecule has 3 aliphatic carbocycles. The van der Waals surface area contributed by atoms with Crippen molar-refractivity contribution in [1.29, 1.82) is 0 Å². The maximum Gasteiger partial charge on any atom is 0.160 e. The molecule has 3 aliphatic rings. The van der Waals surface area contributed by atoms with Crippen LogP contribution in [0.2, 0.25) is 0 Å². The molecule has 1 aromatic carbocycles. The van der Waals surface area contributed by atoms with Crippen LogP contribution in [0.1, 0.15) is 87.7 Å². The van der Waals surface area contributed by atoms with Gasteiger partial charge in [-0.1, -0.05) is 62.6 Å². The third-order valence-electron chi connectivity index (χ3n) is 7.32. The Morgan fingerprint density at radius 3 is 2.46 bits per heavy atom. The third kappa shape index (κ3) is 2.55. The monoisotopic (exact) mass is 374 g/mol. The van der Waals surface area contributed by atoms with Crippen LogP contribution in [-0.2, 0) is 16.6 Å². The quantitative estimate of drug-likeness (QED) is 0.742. The largest absolute Gasteiger partial charge is 0.294 e. The van der Waals surface area contributed by atoms with Gasteiger partial charge in [-0.25, -0.2) is 0 Å². The number of nitrogens with zero attached hydrogens (tertiary/aromatic N) is 1. The van der Waals surface area contributed by atoms with E-state index in [2.05, 4.69) is 56.2 Å². The number of carbonyl (C=O) groups excluding carboxylic acids is 1. The van der Waals surface area contributed by atoms with Gasteiger partial charge in [0.1, 0.15) is 0 Å². The Morgan fingerprint density at radius 1 is 1.04 bits per heavy atom. The van der Waals surface area contributed by atoms with Crippen molar-refractivity contribution in [2.45, 2.75) is 77.0 Å². The molecule has 1 aromatic heterocycles. The molecule has 0 unspecified atom stereocenters. The normalized spacial score (nSPS) is 27.0. The van der Waals surface area contributed by atoms with Crippen LogP contribution in [0.4, 0.5) is 0 Å². The zero-order chi connectivity index (χ0) is 19.5. The van der Waals surface area contributed by atoms with Crippen LogP contribution in [0.5, 0.6) is 0 Å². The second kappa shape index (κ2) is 6.17. The molecule has 5 rings (SSSR count). The molecule has 2 aromatic rings. The topological polar surface area (TPSA) is 45.8 Å². The lowest BCUT2D eigenvalue weighted by molar-refractivity contribution is -0.118. The van der Waals surface area contributed by atoms with Crippen molar-refractivity contribution in [2.24, 2.45) is 5.41 Å². The Morgan fingerprint density at radius 2 is 1.75 bits per heavy atom. The van der Waals surface area contributed by atoms with E-state index in [0.29, 0.717) is 18.1 Å². The van der Waals surface area contributed by atoms with Gasteiger partial charge in [-0.15, -0.1) is 0 Å². The molecule has 1 fully saturated rings. The minimum atomic E-state index is -0.400. The second-order valence-electron chi connectivity index (χ2n) is 10.0. The summed E-state index contributed by atoms with van der Waals surface area (Å²) >= 11 is 0. The summed E-state index contributed by atoms with van der Waals surface area (Å²) in [4.78, 5) is 13.5. The number of aromatic nitrogens is 2. The number of Topliss-reactive ketones (excluding diaryl/α,β-unsaturated/α-hetero) is 1. The van der Waals surface area contributed by atoms with Crippen molar-refractivity contribution < 1.29 is 4.79 Å². The molecule has 0 bridgehead atoms. The van der Waals surface area contributed by atoms with Crippen LogP contribution in [0.25, 0.3) is 0 Å². The predicted octanol–water partition coefficient (Wildman–Crippen LogP) is 5.62. The van der Waals surface area contributed by atoms with Crippen molar-refractivity contribution in [2.75, 3.05) is 0 Å². The summed E-state index contributed by atoms with van der Waals surface area (Å²) < 4.78 is 0. The summed E-state index contributed by atoms with van der Waals surface area (Å²) in [6, 6.07) is 10.6. The zero-order valence-corrected chi connectivity index (χ0v) is 17.3. The number of H-pyrrole nitrogens is 1. The van der Waals surface area contributed by atoms with E-state index in [4.69, 9.17) is 5.10 Å². The molecule has 146 valence electrons. The first-order chi connectivity index (χ1) is 13.4. The predicted molar refractivity (Wildman–Crippen MR) is 111 cm³/mol. The number of fused-ring (bicyclic) bond motifs is 1. The molecule has 0 saturated heterocycles. The van der Waals surface area contributed by atoms with Gasteiger partial charge in [0.05, 0.1) is 5.69 Å². The molecule has 1 heterocycles. The summed E-state index contributed by atoms with van der Waals surface area (Å²) in [5.74, 6) is 0.863. The number of nitrogens with one attached hydrogen (secondary N) is 1. The van der Waals surface area contributed by atoms with E-state index in [1.54, 1.807) is 0 Å². The van der Waals surface area contributed by atoms with Crippen LogP contribution < -0.4 is 0 Å². The second-order valence-corrected chi connectivity index (χ2v) is 10.0. The van der Waals surface area contributed by atoms with Crippen molar-refractivity contribution in [3.05, 3.63) is 64.0 Å². The Hall–Kier alpha value is -2.16. The van der Waals surface area contributed by atoms with E-state index in [1.165, 1.54) is 53.8 Å². The zero-order valence-electron chi connectivity index (χ0n) is 17.3. The van der Waals surface area contributed by atoms with Crippen molar-refractivity contribution in [3.63, 3.8) is 0 Å². The van der Waals surface area contributed by atoms with Crippen molar-refractivity contribution in [3.8, 4) is 0 Å². The molecule has 0 amide bonds. The lowest BCUT2D eigenvalue weighted by Crippen LogP contribution is -2.41. The van der Waals surface area contributed by atoms with Gasteiger partial charge in [0.15, 0.2) is 5.78 Å². The number of aromatic amines is 1. The van der Waals surface area contributed by atoms with Gasteiger partial charge < -0.3 is 0 Å².